The van der Waals surface area contributed by atoms with Gasteiger partial charge >= 0.3 is 6.09 Å². The molecular formula is C13H17Cl2NO2. The average Bonchev–Trinajstić information content (AvgIpc) is 2.23. The van der Waals surface area contributed by atoms with E-state index in [0.29, 0.717) is 5.02 Å². The molecule has 0 heterocycles. The highest BCUT2D eigenvalue weighted by Crippen LogP contribution is 2.32. The van der Waals surface area contributed by atoms with E-state index in [1.54, 1.807) is 23.1 Å². The monoisotopic (exact) mass is 289 g/mol. The fourth-order valence-electron chi connectivity index (χ4n) is 1.73. The standard InChI is InChI=1S/C13H17Cl2NO2/c1-8(2)16(9(3)4)13(17)18-11-7-5-6-10(14)12(11)15/h5-9H,1-4H3. The van der Waals surface area contributed by atoms with E-state index < -0.39 is 6.09 Å². The van der Waals surface area contributed by atoms with E-state index in [4.69, 9.17) is 27.9 Å². The van der Waals surface area contributed by atoms with Crippen LogP contribution >= 0.6 is 23.2 Å². The molecule has 0 bridgehead atoms. The molecule has 1 amide bonds. The van der Waals surface area contributed by atoms with Crippen molar-refractivity contribution < 1.29 is 9.53 Å². The third-order valence-electron chi connectivity index (χ3n) is 2.44. The van der Waals surface area contributed by atoms with Gasteiger partial charge in [0.05, 0.1) is 5.02 Å². The smallest absolute Gasteiger partial charge is 0.409 e. The fourth-order valence-corrected chi connectivity index (χ4v) is 2.06. The van der Waals surface area contributed by atoms with Gasteiger partial charge in [0.2, 0.25) is 0 Å². The first-order valence-corrected chi connectivity index (χ1v) is 6.54. The van der Waals surface area contributed by atoms with Crippen LogP contribution in [0.4, 0.5) is 4.79 Å². The van der Waals surface area contributed by atoms with Gasteiger partial charge < -0.3 is 9.64 Å². The van der Waals surface area contributed by atoms with E-state index in [2.05, 4.69) is 0 Å². The molecule has 100 valence electrons. The molecule has 0 unspecified atom stereocenters. The molecule has 0 saturated carbocycles. The zero-order valence-corrected chi connectivity index (χ0v) is 12.4. The maximum Gasteiger partial charge on any atom is 0.415 e. The first-order chi connectivity index (χ1) is 8.34. The molecule has 0 spiro atoms. The molecule has 0 fully saturated rings. The molecule has 0 aliphatic rings. The SMILES string of the molecule is CC(C)N(C(=O)Oc1cccc(Cl)c1Cl)C(C)C. The molecule has 0 aliphatic heterocycles. The number of ether oxygens (including phenoxy) is 1. The van der Waals surface area contributed by atoms with Crippen molar-refractivity contribution in [3.05, 3.63) is 28.2 Å². The first kappa shape index (κ1) is 15.1. The highest BCUT2D eigenvalue weighted by atomic mass is 35.5. The van der Waals surface area contributed by atoms with Gasteiger partial charge in [-0.05, 0) is 39.8 Å². The Morgan fingerprint density at radius 1 is 1.17 bits per heavy atom. The minimum absolute atomic E-state index is 0.0514. The van der Waals surface area contributed by atoms with Crippen molar-refractivity contribution in [3.63, 3.8) is 0 Å². The lowest BCUT2D eigenvalue weighted by Crippen LogP contribution is -2.43. The topological polar surface area (TPSA) is 29.5 Å². The summed E-state index contributed by atoms with van der Waals surface area (Å²) >= 11 is 11.8. The molecule has 1 aromatic rings. The minimum Gasteiger partial charge on any atom is -0.409 e. The van der Waals surface area contributed by atoms with Crippen molar-refractivity contribution >= 4 is 29.3 Å². The van der Waals surface area contributed by atoms with Crippen LogP contribution in [0, 0.1) is 0 Å². The summed E-state index contributed by atoms with van der Waals surface area (Å²) in [5.74, 6) is 0.278. The fraction of sp³-hybridized carbons (Fsp3) is 0.462. The first-order valence-electron chi connectivity index (χ1n) is 5.78. The van der Waals surface area contributed by atoms with E-state index in [9.17, 15) is 4.79 Å². The molecule has 0 aromatic heterocycles. The summed E-state index contributed by atoms with van der Waals surface area (Å²) in [6.45, 7) is 7.73. The maximum atomic E-state index is 12.1. The normalized spacial score (nSPS) is 10.9. The molecule has 0 N–H and O–H groups in total. The highest BCUT2D eigenvalue weighted by Gasteiger charge is 2.23. The molecule has 0 saturated heterocycles. The Balaban J connectivity index is 2.90. The molecule has 18 heavy (non-hydrogen) atoms. The molecular weight excluding hydrogens is 273 g/mol. The summed E-state index contributed by atoms with van der Waals surface area (Å²) in [6.07, 6.45) is -0.427. The van der Waals surface area contributed by atoms with Crippen molar-refractivity contribution in [2.75, 3.05) is 0 Å². The molecule has 5 heteroatoms. The third kappa shape index (κ3) is 3.53. The summed E-state index contributed by atoms with van der Waals surface area (Å²) < 4.78 is 5.28. The Hall–Kier alpha value is -0.930. The molecule has 0 aliphatic carbocycles. The Labute approximate surface area is 118 Å². The Morgan fingerprint density at radius 2 is 1.72 bits per heavy atom. The zero-order chi connectivity index (χ0) is 13.9. The van der Waals surface area contributed by atoms with E-state index in [-0.39, 0.29) is 22.9 Å². The summed E-state index contributed by atoms with van der Waals surface area (Å²) in [5, 5.41) is 0.614. The van der Waals surface area contributed by atoms with Crippen LogP contribution in [0.3, 0.4) is 0 Å². The molecule has 0 atom stereocenters. The van der Waals surface area contributed by atoms with Crippen molar-refractivity contribution in [2.45, 2.75) is 39.8 Å². The maximum absolute atomic E-state index is 12.1. The lowest BCUT2D eigenvalue weighted by atomic mass is 10.2. The summed E-state index contributed by atoms with van der Waals surface area (Å²) in [4.78, 5) is 13.7. The van der Waals surface area contributed by atoms with E-state index >= 15 is 0 Å². The number of hydrogen-bond acceptors (Lipinski definition) is 2. The van der Waals surface area contributed by atoms with E-state index in [0.717, 1.165) is 0 Å². The van der Waals surface area contributed by atoms with Gasteiger partial charge in [0.1, 0.15) is 5.02 Å². The number of rotatable bonds is 3. The van der Waals surface area contributed by atoms with Crippen molar-refractivity contribution in [1.29, 1.82) is 0 Å². The molecule has 0 radical (unpaired) electrons. The van der Waals surface area contributed by atoms with E-state index in [1.807, 2.05) is 27.7 Å². The number of benzene rings is 1. The predicted molar refractivity (Wildman–Crippen MR) is 74.6 cm³/mol. The number of nitrogens with zero attached hydrogens (tertiary/aromatic N) is 1. The van der Waals surface area contributed by atoms with E-state index in [1.165, 1.54) is 0 Å². The molecule has 1 rings (SSSR count). The average molecular weight is 290 g/mol. The van der Waals surface area contributed by atoms with Crippen LogP contribution in [0.2, 0.25) is 10.0 Å². The summed E-state index contributed by atoms with van der Waals surface area (Å²) in [7, 11) is 0. The van der Waals surface area contributed by atoms with Crippen molar-refractivity contribution in [2.24, 2.45) is 0 Å². The Kier molecular flexibility index (Phi) is 5.29. The van der Waals surface area contributed by atoms with Crippen molar-refractivity contribution in [3.8, 4) is 5.75 Å². The number of halogens is 2. The summed E-state index contributed by atoms with van der Waals surface area (Å²) in [6, 6.07) is 5.05. The van der Waals surface area contributed by atoms with Crippen LogP contribution < -0.4 is 4.74 Å². The van der Waals surface area contributed by atoms with Crippen LogP contribution in [-0.4, -0.2) is 23.1 Å². The van der Waals surface area contributed by atoms with Gasteiger partial charge in [-0.2, -0.15) is 0 Å². The van der Waals surface area contributed by atoms with Gasteiger partial charge in [-0.1, -0.05) is 29.3 Å². The Bertz CT molecular complexity index is 425. The van der Waals surface area contributed by atoms with Crippen LogP contribution in [0.15, 0.2) is 18.2 Å². The second-order valence-electron chi connectivity index (χ2n) is 4.51. The predicted octanol–water partition coefficient (Wildman–Crippen LogP) is 4.61. The van der Waals surface area contributed by atoms with Gasteiger partial charge in [-0.3, -0.25) is 0 Å². The molecule has 1 aromatic carbocycles. The minimum atomic E-state index is -0.427. The van der Waals surface area contributed by atoms with Crippen LogP contribution in [0.5, 0.6) is 5.75 Å². The number of carbonyl (C=O) groups excluding carboxylic acids is 1. The zero-order valence-electron chi connectivity index (χ0n) is 10.9. The second kappa shape index (κ2) is 6.30. The van der Waals surface area contributed by atoms with Gasteiger partial charge in [0, 0.05) is 12.1 Å². The second-order valence-corrected chi connectivity index (χ2v) is 5.30. The Morgan fingerprint density at radius 3 is 2.22 bits per heavy atom. The number of amides is 1. The summed E-state index contributed by atoms with van der Waals surface area (Å²) in [5.41, 5.74) is 0. The highest BCUT2D eigenvalue weighted by molar-refractivity contribution is 6.43. The van der Waals surface area contributed by atoms with Gasteiger partial charge in [0.15, 0.2) is 5.75 Å². The third-order valence-corrected chi connectivity index (χ3v) is 3.24. The van der Waals surface area contributed by atoms with Crippen LogP contribution in [-0.2, 0) is 0 Å². The largest absolute Gasteiger partial charge is 0.415 e. The molecule has 3 nitrogen and oxygen atoms in total. The van der Waals surface area contributed by atoms with Gasteiger partial charge in [-0.25, -0.2) is 4.79 Å². The van der Waals surface area contributed by atoms with Crippen LogP contribution in [0.1, 0.15) is 27.7 Å². The van der Waals surface area contributed by atoms with Crippen molar-refractivity contribution in [1.82, 2.24) is 4.90 Å². The van der Waals surface area contributed by atoms with Gasteiger partial charge in [0.25, 0.3) is 0 Å². The lowest BCUT2D eigenvalue weighted by Gasteiger charge is -2.29. The number of carbonyl (C=O) groups is 1. The van der Waals surface area contributed by atoms with Gasteiger partial charge in [-0.15, -0.1) is 0 Å². The number of hydrogen-bond donors (Lipinski definition) is 0. The van der Waals surface area contributed by atoms with Crippen LogP contribution in [0.25, 0.3) is 0 Å². The lowest BCUT2D eigenvalue weighted by molar-refractivity contribution is 0.123. The quantitative estimate of drug-likeness (QED) is 0.813.